The lowest BCUT2D eigenvalue weighted by atomic mass is 10.1. The van der Waals surface area contributed by atoms with Crippen LogP contribution in [0.3, 0.4) is 0 Å². The number of nitrogens with two attached hydrogens (primary N) is 1. The van der Waals surface area contributed by atoms with E-state index in [9.17, 15) is 4.79 Å². The number of aryl methyl sites for hydroxylation is 1. The van der Waals surface area contributed by atoms with Gasteiger partial charge in [-0.05, 0) is 30.5 Å². The molecular weight excluding hydrogens is 461 g/mol. The molecule has 1 saturated heterocycles. The monoisotopic (exact) mass is 487 g/mol. The molecule has 0 spiro atoms. The molecule has 174 valence electrons. The van der Waals surface area contributed by atoms with Crippen LogP contribution in [0.15, 0.2) is 47.3 Å². The summed E-state index contributed by atoms with van der Waals surface area (Å²) < 4.78 is 9.19. The highest BCUT2D eigenvalue weighted by molar-refractivity contribution is 6.31. The number of methoxy groups -OCH3 is 1. The number of anilines is 1. The Bertz CT molecular complexity index is 1380. The number of benzene rings is 2. The largest absolute Gasteiger partial charge is 0.495 e. The maximum atomic E-state index is 13.6. The summed E-state index contributed by atoms with van der Waals surface area (Å²) >= 11 is 6.49. The molecule has 1 fully saturated rings. The summed E-state index contributed by atoms with van der Waals surface area (Å²) in [5, 5.41) is 1.54. The minimum absolute atomic E-state index is 0. The lowest BCUT2D eigenvalue weighted by Gasteiger charge is -2.32. The summed E-state index contributed by atoms with van der Waals surface area (Å²) in [6.45, 7) is 2.00. The first-order valence-electron chi connectivity index (χ1n) is 10.8. The third kappa shape index (κ3) is 3.94. The van der Waals surface area contributed by atoms with Gasteiger partial charge in [-0.25, -0.2) is 4.98 Å². The van der Waals surface area contributed by atoms with Crippen LogP contribution >= 0.6 is 24.0 Å². The first kappa shape index (κ1) is 23.4. The summed E-state index contributed by atoms with van der Waals surface area (Å²) in [6, 6.07) is 13.6. The molecule has 2 aromatic carbocycles. The van der Waals surface area contributed by atoms with Crippen LogP contribution in [0, 0.1) is 0 Å². The average molecular weight is 488 g/mol. The van der Waals surface area contributed by atoms with Crippen molar-refractivity contribution in [1.82, 2.24) is 14.1 Å². The number of halogens is 2. The highest BCUT2D eigenvalue weighted by atomic mass is 35.5. The zero-order valence-electron chi connectivity index (χ0n) is 18.6. The van der Waals surface area contributed by atoms with Crippen molar-refractivity contribution in [1.29, 1.82) is 0 Å². The third-order valence-electron chi connectivity index (χ3n) is 6.29. The molecule has 1 atom stereocenters. The maximum absolute atomic E-state index is 13.6. The molecule has 5 rings (SSSR count). The molecule has 2 N–H and O–H groups in total. The van der Waals surface area contributed by atoms with Gasteiger partial charge < -0.3 is 24.5 Å². The van der Waals surface area contributed by atoms with Gasteiger partial charge >= 0.3 is 0 Å². The number of rotatable bonds is 4. The SMILES string of the molecule is COc1cccc2c3nc(N4CCC[C@@H](N)C4)n(Cc4ccccc4Cl)c3c(=O)n(C)c12.Cl. The van der Waals surface area contributed by atoms with Crippen molar-refractivity contribution in [3.63, 3.8) is 0 Å². The molecular formula is C24H27Cl2N5O2. The summed E-state index contributed by atoms with van der Waals surface area (Å²) in [7, 11) is 3.38. The van der Waals surface area contributed by atoms with E-state index in [-0.39, 0.29) is 24.0 Å². The van der Waals surface area contributed by atoms with Crippen LogP contribution in [0.5, 0.6) is 5.75 Å². The van der Waals surface area contributed by atoms with Gasteiger partial charge in [0.05, 0.1) is 19.2 Å². The van der Waals surface area contributed by atoms with Gasteiger partial charge in [0.15, 0.2) is 0 Å². The van der Waals surface area contributed by atoms with Gasteiger partial charge in [0, 0.05) is 36.6 Å². The van der Waals surface area contributed by atoms with Crippen LogP contribution in [0.25, 0.3) is 21.9 Å². The lowest BCUT2D eigenvalue weighted by Crippen LogP contribution is -2.44. The first-order chi connectivity index (χ1) is 15.5. The van der Waals surface area contributed by atoms with E-state index in [1.165, 1.54) is 0 Å². The Kier molecular flexibility index (Phi) is 6.56. The molecule has 1 aliphatic rings. The molecule has 7 nitrogen and oxygen atoms in total. The van der Waals surface area contributed by atoms with Gasteiger partial charge in [-0.15, -0.1) is 12.4 Å². The molecule has 0 unspecified atom stereocenters. The van der Waals surface area contributed by atoms with Crippen molar-refractivity contribution < 1.29 is 4.74 Å². The number of piperidine rings is 1. The summed E-state index contributed by atoms with van der Waals surface area (Å²) in [6.07, 6.45) is 1.98. The number of ether oxygens (including phenoxy) is 1. The predicted octanol–water partition coefficient (Wildman–Crippen LogP) is 3.95. The number of para-hydroxylation sites is 1. The van der Waals surface area contributed by atoms with Gasteiger partial charge in [0.1, 0.15) is 16.8 Å². The minimum atomic E-state index is -0.121. The van der Waals surface area contributed by atoms with E-state index < -0.39 is 0 Å². The molecule has 9 heteroatoms. The molecule has 2 aromatic heterocycles. The van der Waals surface area contributed by atoms with Gasteiger partial charge in [0.2, 0.25) is 5.95 Å². The van der Waals surface area contributed by atoms with Gasteiger partial charge in [-0.2, -0.15) is 0 Å². The Labute approximate surface area is 203 Å². The molecule has 0 amide bonds. The molecule has 0 bridgehead atoms. The fraction of sp³-hybridized carbons (Fsp3) is 0.333. The van der Waals surface area contributed by atoms with Crippen molar-refractivity contribution >= 4 is 51.9 Å². The number of hydrogen-bond acceptors (Lipinski definition) is 5. The van der Waals surface area contributed by atoms with Crippen LogP contribution in [0.2, 0.25) is 5.02 Å². The van der Waals surface area contributed by atoms with E-state index in [4.69, 9.17) is 27.1 Å². The number of aromatic nitrogens is 3. The van der Waals surface area contributed by atoms with Gasteiger partial charge in [-0.1, -0.05) is 41.9 Å². The van der Waals surface area contributed by atoms with Crippen molar-refractivity contribution in [3.05, 3.63) is 63.4 Å². The second-order valence-corrected chi connectivity index (χ2v) is 8.76. The van der Waals surface area contributed by atoms with Crippen LogP contribution in [0.1, 0.15) is 18.4 Å². The Morgan fingerprint density at radius 3 is 2.70 bits per heavy atom. The molecule has 0 aliphatic carbocycles. The number of hydrogen-bond donors (Lipinski definition) is 1. The highest BCUT2D eigenvalue weighted by Crippen LogP contribution is 2.33. The zero-order valence-corrected chi connectivity index (χ0v) is 20.2. The fourth-order valence-corrected chi connectivity index (χ4v) is 4.91. The molecule has 1 aliphatic heterocycles. The Morgan fingerprint density at radius 1 is 1.18 bits per heavy atom. The first-order valence-corrected chi connectivity index (χ1v) is 11.2. The van der Waals surface area contributed by atoms with E-state index >= 15 is 0 Å². The number of fused-ring (bicyclic) bond motifs is 3. The normalized spacial score (nSPS) is 16.2. The van der Waals surface area contributed by atoms with E-state index in [0.29, 0.717) is 34.9 Å². The third-order valence-corrected chi connectivity index (χ3v) is 6.66. The predicted molar refractivity (Wildman–Crippen MR) is 136 cm³/mol. The van der Waals surface area contributed by atoms with Crippen molar-refractivity contribution in [2.45, 2.75) is 25.4 Å². The quantitative estimate of drug-likeness (QED) is 0.471. The Morgan fingerprint density at radius 2 is 1.97 bits per heavy atom. The highest BCUT2D eigenvalue weighted by Gasteiger charge is 2.26. The number of imidazole rings is 1. The second kappa shape index (κ2) is 9.25. The Balaban J connectivity index is 0.00000259. The molecule has 0 saturated carbocycles. The second-order valence-electron chi connectivity index (χ2n) is 8.36. The summed E-state index contributed by atoms with van der Waals surface area (Å²) in [5.41, 5.74) is 9.06. The summed E-state index contributed by atoms with van der Waals surface area (Å²) in [5.74, 6) is 1.40. The van der Waals surface area contributed by atoms with Crippen molar-refractivity contribution in [2.75, 3.05) is 25.1 Å². The number of nitrogens with zero attached hydrogens (tertiary/aromatic N) is 4. The van der Waals surface area contributed by atoms with E-state index in [2.05, 4.69) is 4.90 Å². The van der Waals surface area contributed by atoms with E-state index in [0.717, 1.165) is 41.8 Å². The number of pyridine rings is 1. The molecule has 3 heterocycles. The van der Waals surface area contributed by atoms with Crippen LogP contribution in [-0.4, -0.2) is 40.4 Å². The maximum Gasteiger partial charge on any atom is 0.277 e. The molecule has 4 aromatic rings. The van der Waals surface area contributed by atoms with E-state index in [1.54, 1.807) is 18.7 Å². The van der Waals surface area contributed by atoms with Crippen molar-refractivity contribution in [3.8, 4) is 5.75 Å². The van der Waals surface area contributed by atoms with Gasteiger partial charge in [0.25, 0.3) is 5.56 Å². The van der Waals surface area contributed by atoms with Crippen LogP contribution < -0.4 is 20.9 Å². The van der Waals surface area contributed by atoms with Gasteiger partial charge in [-0.3, -0.25) is 4.79 Å². The Hall–Kier alpha value is -2.74. The smallest absolute Gasteiger partial charge is 0.277 e. The molecule has 33 heavy (non-hydrogen) atoms. The van der Waals surface area contributed by atoms with Crippen molar-refractivity contribution in [2.24, 2.45) is 12.8 Å². The minimum Gasteiger partial charge on any atom is -0.495 e. The lowest BCUT2D eigenvalue weighted by molar-refractivity contribution is 0.417. The van der Waals surface area contributed by atoms with Crippen LogP contribution in [0.4, 0.5) is 5.95 Å². The topological polar surface area (TPSA) is 78.3 Å². The fourth-order valence-electron chi connectivity index (χ4n) is 4.71. The average Bonchev–Trinajstić information content (AvgIpc) is 3.18. The molecule has 0 radical (unpaired) electrons. The van der Waals surface area contributed by atoms with E-state index in [1.807, 2.05) is 47.0 Å². The standard InChI is InChI=1S/C24H26ClN5O2.ClH/c1-28-21-17(9-5-11-19(21)32-2)20-22(23(28)31)30(13-15-7-3-4-10-18(15)25)24(27-20)29-12-6-8-16(26)14-29;/h3-5,7,9-11,16H,6,8,12-14,26H2,1-2H3;1H/t16-;/m1./s1. The zero-order chi connectivity index (χ0) is 22.4. The van der Waals surface area contributed by atoms with Crippen LogP contribution in [-0.2, 0) is 13.6 Å². The summed E-state index contributed by atoms with van der Waals surface area (Å²) in [4.78, 5) is 20.9.